The quantitative estimate of drug-likeness (QED) is 0.451. The van der Waals surface area contributed by atoms with Gasteiger partial charge in [0.2, 0.25) is 15.8 Å². The first-order valence-corrected chi connectivity index (χ1v) is 10.7. The maximum Gasteiger partial charge on any atom is 0.338 e. The molecule has 1 N–H and O–H groups in total. The standard InChI is InChI=1S/C21H22N2O5S/c1-3-23(4-2)29(26,27)16-9-7-8-15(12-16)21(25)28-14-20(24)18-13-22-19-11-6-5-10-17(18)19/h5-13,22H,3-4,14H2,1-2H3. The van der Waals surface area contributed by atoms with Crippen molar-refractivity contribution in [2.75, 3.05) is 19.7 Å². The van der Waals surface area contributed by atoms with Crippen LogP contribution in [0.2, 0.25) is 0 Å². The number of esters is 1. The van der Waals surface area contributed by atoms with Crippen molar-refractivity contribution in [3.8, 4) is 0 Å². The Bertz CT molecular complexity index is 1150. The van der Waals surface area contributed by atoms with Crippen LogP contribution in [0.4, 0.5) is 0 Å². The molecule has 1 aromatic heterocycles. The molecule has 2 aromatic carbocycles. The van der Waals surface area contributed by atoms with Crippen LogP contribution < -0.4 is 0 Å². The number of aromatic nitrogens is 1. The largest absolute Gasteiger partial charge is 0.454 e. The van der Waals surface area contributed by atoms with Gasteiger partial charge in [-0.15, -0.1) is 0 Å². The molecular weight excluding hydrogens is 392 g/mol. The predicted octanol–water partition coefficient (Wildman–Crippen LogP) is 3.24. The maximum absolute atomic E-state index is 12.6. The van der Waals surface area contributed by atoms with Crippen LogP contribution in [-0.2, 0) is 14.8 Å². The Morgan fingerprint density at radius 1 is 1.03 bits per heavy atom. The molecule has 0 aliphatic rings. The van der Waals surface area contributed by atoms with Gasteiger partial charge in [-0.05, 0) is 24.3 Å². The molecule has 0 aliphatic heterocycles. The number of Topliss-reactive ketones (excluding diaryl/α,β-unsaturated/α-hetero) is 1. The molecule has 0 atom stereocenters. The van der Waals surface area contributed by atoms with Crippen LogP contribution in [0.25, 0.3) is 10.9 Å². The van der Waals surface area contributed by atoms with E-state index in [0.717, 1.165) is 10.9 Å². The van der Waals surface area contributed by atoms with Crippen molar-refractivity contribution in [3.63, 3.8) is 0 Å². The number of aromatic amines is 1. The van der Waals surface area contributed by atoms with Crippen LogP contribution >= 0.6 is 0 Å². The topological polar surface area (TPSA) is 96.5 Å². The summed E-state index contributed by atoms with van der Waals surface area (Å²) in [5.74, 6) is -1.10. The summed E-state index contributed by atoms with van der Waals surface area (Å²) in [6.07, 6.45) is 1.58. The first kappa shape index (κ1) is 20.8. The fourth-order valence-electron chi connectivity index (χ4n) is 3.09. The number of sulfonamides is 1. The summed E-state index contributed by atoms with van der Waals surface area (Å²) < 4.78 is 31.7. The second kappa shape index (κ2) is 8.59. The second-order valence-corrected chi connectivity index (χ2v) is 8.30. The van der Waals surface area contributed by atoms with Gasteiger partial charge in [0.05, 0.1) is 10.5 Å². The van der Waals surface area contributed by atoms with E-state index in [4.69, 9.17) is 4.74 Å². The van der Waals surface area contributed by atoms with Crippen molar-refractivity contribution in [3.05, 3.63) is 65.9 Å². The van der Waals surface area contributed by atoms with Crippen molar-refractivity contribution < 1.29 is 22.7 Å². The van der Waals surface area contributed by atoms with E-state index in [1.165, 1.54) is 28.6 Å². The van der Waals surface area contributed by atoms with E-state index < -0.39 is 22.6 Å². The van der Waals surface area contributed by atoms with Gasteiger partial charge < -0.3 is 9.72 Å². The average molecular weight is 414 g/mol. The fourth-order valence-corrected chi connectivity index (χ4v) is 4.59. The molecule has 29 heavy (non-hydrogen) atoms. The summed E-state index contributed by atoms with van der Waals surface area (Å²) >= 11 is 0. The molecule has 152 valence electrons. The van der Waals surface area contributed by atoms with E-state index in [-0.39, 0.29) is 16.2 Å². The van der Waals surface area contributed by atoms with Gasteiger partial charge in [0.15, 0.2) is 6.61 Å². The number of para-hydroxylation sites is 1. The van der Waals surface area contributed by atoms with Gasteiger partial charge in [-0.3, -0.25) is 4.79 Å². The molecule has 0 aliphatic carbocycles. The molecule has 0 unspecified atom stereocenters. The van der Waals surface area contributed by atoms with Gasteiger partial charge in [-0.25, -0.2) is 13.2 Å². The predicted molar refractivity (Wildman–Crippen MR) is 109 cm³/mol. The number of nitrogens with one attached hydrogen (secondary N) is 1. The third kappa shape index (κ3) is 4.23. The minimum atomic E-state index is -3.69. The molecule has 0 amide bonds. The average Bonchev–Trinajstić information content (AvgIpc) is 3.17. The lowest BCUT2D eigenvalue weighted by Gasteiger charge is -2.18. The number of rotatable bonds is 8. The van der Waals surface area contributed by atoms with E-state index in [2.05, 4.69) is 4.98 Å². The van der Waals surface area contributed by atoms with Crippen LogP contribution in [0, 0.1) is 0 Å². The molecular formula is C21H22N2O5S. The summed E-state index contributed by atoms with van der Waals surface area (Å²) in [5.41, 5.74) is 1.33. The van der Waals surface area contributed by atoms with Gasteiger partial charge in [-0.1, -0.05) is 38.1 Å². The van der Waals surface area contributed by atoms with Gasteiger partial charge >= 0.3 is 5.97 Å². The number of carbonyl (C=O) groups excluding carboxylic acids is 2. The zero-order chi connectivity index (χ0) is 21.0. The van der Waals surface area contributed by atoms with E-state index in [0.29, 0.717) is 18.7 Å². The third-order valence-electron chi connectivity index (χ3n) is 4.64. The monoisotopic (exact) mass is 414 g/mol. The molecule has 7 nitrogen and oxygen atoms in total. The van der Waals surface area contributed by atoms with Crippen molar-refractivity contribution >= 4 is 32.7 Å². The van der Waals surface area contributed by atoms with Gasteiger partial charge in [0.1, 0.15) is 0 Å². The molecule has 3 aromatic rings. The number of fused-ring (bicyclic) bond motifs is 1. The number of nitrogens with zero attached hydrogens (tertiary/aromatic N) is 1. The van der Waals surface area contributed by atoms with Gasteiger partial charge in [0, 0.05) is 35.8 Å². The molecule has 0 fully saturated rings. The Morgan fingerprint density at radius 2 is 1.76 bits per heavy atom. The summed E-state index contributed by atoms with van der Waals surface area (Å²) in [6, 6.07) is 13.0. The highest BCUT2D eigenvalue weighted by Crippen LogP contribution is 2.19. The summed E-state index contributed by atoms with van der Waals surface area (Å²) in [6.45, 7) is 3.71. The van der Waals surface area contributed by atoms with Crippen LogP contribution in [0.3, 0.4) is 0 Å². The lowest BCUT2D eigenvalue weighted by atomic mass is 10.1. The number of carbonyl (C=O) groups is 2. The highest BCUT2D eigenvalue weighted by atomic mass is 32.2. The highest BCUT2D eigenvalue weighted by Gasteiger charge is 2.23. The first-order chi connectivity index (χ1) is 13.9. The highest BCUT2D eigenvalue weighted by molar-refractivity contribution is 7.89. The molecule has 0 saturated heterocycles. The molecule has 0 saturated carbocycles. The Hall–Kier alpha value is -2.97. The van der Waals surface area contributed by atoms with Gasteiger partial charge in [0.25, 0.3) is 0 Å². The first-order valence-electron chi connectivity index (χ1n) is 9.25. The third-order valence-corrected chi connectivity index (χ3v) is 6.68. The Morgan fingerprint density at radius 3 is 2.48 bits per heavy atom. The Balaban J connectivity index is 1.74. The lowest BCUT2D eigenvalue weighted by Crippen LogP contribution is -2.30. The molecule has 8 heteroatoms. The fraction of sp³-hybridized carbons (Fsp3) is 0.238. The minimum Gasteiger partial charge on any atom is -0.454 e. The van der Waals surface area contributed by atoms with Crippen LogP contribution in [-0.4, -0.2) is 49.2 Å². The van der Waals surface area contributed by atoms with Crippen LogP contribution in [0.15, 0.2) is 59.6 Å². The van der Waals surface area contributed by atoms with Crippen molar-refractivity contribution in [2.45, 2.75) is 18.7 Å². The normalized spacial score (nSPS) is 11.7. The molecule has 0 bridgehead atoms. The number of H-pyrrole nitrogens is 1. The van der Waals surface area contributed by atoms with Crippen molar-refractivity contribution in [1.29, 1.82) is 0 Å². The van der Waals surface area contributed by atoms with Gasteiger partial charge in [-0.2, -0.15) is 4.31 Å². The number of hydrogen-bond acceptors (Lipinski definition) is 5. The summed E-state index contributed by atoms with van der Waals surface area (Å²) in [4.78, 5) is 27.8. The van der Waals surface area contributed by atoms with E-state index in [1.807, 2.05) is 24.3 Å². The maximum atomic E-state index is 12.6. The number of ether oxygens (including phenoxy) is 1. The SMILES string of the molecule is CCN(CC)S(=O)(=O)c1cccc(C(=O)OCC(=O)c2c[nH]c3ccccc23)c1. The zero-order valence-corrected chi connectivity index (χ0v) is 17.0. The lowest BCUT2D eigenvalue weighted by molar-refractivity contribution is 0.0475. The van der Waals surface area contributed by atoms with E-state index in [1.54, 1.807) is 20.0 Å². The Kier molecular flexibility index (Phi) is 6.14. The summed E-state index contributed by atoms with van der Waals surface area (Å²) in [7, 11) is -3.69. The Labute approximate surface area is 169 Å². The number of benzene rings is 2. The van der Waals surface area contributed by atoms with Crippen molar-refractivity contribution in [2.24, 2.45) is 0 Å². The van der Waals surface area contributed by atoms with Crippen molar-refractivity contribution in [1.82, 2.24) is 9.29 Å². The second-order valence-electron chi connectivity index (χ2n) is 6.36. The van der Waals surface area contributed by atoms with Crippen LogP contribution in [0.5, 0.6) is 0 Å². The smallest absolute Gasteiger partial charge is 0.338 e. The number of ketones is 1. The molecule has 1 heterocycles. The number of hydrogen-bond donors (Lipinski definition) is 1. The van der Waals surface area contributed by atoms with Crippen LogP contribution in [0.1, 0.15) is 34.6 Å². The zero-order valence-electron chi connectivity index (χ0n) is 16.2. The summed E-state index contributed by atoms with van der Waals surface area (Å²) in [5, 5.41) is 0.751. The molecule has 0 spiro atoms. The molecule has 0 radical (unpaired) electrons. The minimum absolute atomic E-state index is 0.0126. The van der Waals surface area contributed by atoms with E-state index >= 15 is 0 Å². The molecule has 3 rings (SSSR count). The van der Waals surface area contributed by atoms with E-state index in [9.17, 15) is 18.0 Å².